The molecule has 0 radical (unpaired) electrons. The summed E-state index contributed by atoms with van der Waals surface area (Å²) < 4.78 is 28.9. The van der Waals surface area contributed by atoms with Crippen molar-refractivity contribution in [1.82, 2.24) is 0 Å². The van der Waals surface area contributed by atoms with E-state index in [-0.39, 0.29) is 23.3 Å². The van der Waals surface area contributed by atoms with E-state index in [0.29, 0.717) is 23.5 Å². The van der Waals surface area contributed by atoms with Gasteiger partial charge >= 0.3 is 17.9 Å². The first-order valence-electron chi connectivity index (χ1n) is 11.4. The lowest BCUT2D eigenvalue weighted by molar-refractivity contribution is -0.139. The molecule has 0 atom stereocenters. The van der Waals surface area contributed by atoms with Gasteiger partial charge in [0.25, 0.3) is 0 Å². The lowest BCUT2D eigenvalue weighted by Gasteiger charge is -2.08. The van der Waals surface area contributed by atoms with E-state index in [1.165, 1.54) is 6.08 Å². The Balaban J connectivity index is 1.96. The second-order valence-corrected chi connectivity index (χ2v) is 8.07. The minimum absolute atomic E-state index is 0.0324. The van der Waals surface area contributed by atoms with Crippen molar-refractivity contribution in [3.8, 4) is 11.5 Å². The second kappa shape index (κ2) is 14.1. The number of rotatable bonds is 12. The zero-order chi connectivity index (χ0) is 27.4. The molecule has 0 aromatic heterocycles. The molecule has 0 aliphatic heterocycles. The molecule has 2 rings (SSSR count). The van der Waals surface area contributed by atoms with E-state index in [9.17, 15) is 18.8 Å². The van der Waals surface area contributed by atoms with Gasteiger partial charge in [-0.2, -0.15) is 0 Å². The predicted octanol–water partition coefficient (Wildman–Crippen LogP) is 6.25. The Bertz CT molecular complexity index is 1230. The predicted molar refractivity (Wildman–Crippen MR) is 140 cm³/mol. The summed E-state index contributed by atoms with van der Waals surface area (Å²) in [5.41, 5.74) is 2.78. The molecule has 0 saturated carbocycles. The lowest BCUT2D eigenvalue weighted by atomic mass is 10.1. The van der Waals surface area contributed by atoms with Crippen molar-refractivity contribution in [2.45, 2.75) is 26.7 Å². The number of hydrogen-bond acceptors (Lipinski definition) is 6. The van der Waals surface area contributed by atoms with Crippen LogP contribution in [-0.2, 0) is 25.5 Å². The Hall–Kier alpha value is -4.52. The fourth-order valence-electron chi connectivity index (χ4n) is 2.84. The van der Waals surface area contributed by atoms with Crippen LogP contribution in [0.5, 0.6) is 11.5 Å². The van der Waals surface area contributed by atoms with Gasteiger partial charge in [0.1, 0.15) is 23.9 Å². The third kappa shape index (κ3) is 9.57. The molecule has 0 heterocycles. The summed E-state index contributed by atoms with van der Waals surface area (Å²) in [5.74, 6) is -1.04. The number of halogens is 1. The average molecular weight is 505 g/mol. The van der Waals surface area contributed by atoms with Crippen LogP contribution < -0.4 is 9.47 Å². The molecule has 0 spiro atoms. The van der Waals surface area contributed by atoms with Crippen LogP contribution in [-0.4, -0.2) is 24.6 Å². The quantitative estimate of drug-likeness (QED) is 0.112. The molecule has 7 heteroatoms. The van der Waals surface area contributed by atoms with Crippen molar-refractivity contribution in [3.05, 3.63) is 115 Å². The Kier molecular flexibility index (Phi) is 11.0. The maximum atomic E-state index is 13.5. The van der Waals surface area contributed by atoms with E-state index >= 15 is 0 Å². The fraction of sp³-hybridized carbons (Fsp3) is 0.167. The molecule has 0 saturated heterocycles. The van der Waals surface area contributed by atoms with E-state index in [0.717, 1.165) is 11.1 Å². The fourth-order valence-corrected chi connectivity index (χ4v) is 2.84. The van der Waals surface area contributed by atoms with Crippen LogP contribution in [0, 0.1) is 0 Å². The summed E-state index contributed by atoms with van der Waals surface area (Å²) in [4.78, 5) is 35.4. The third-order valence-corrected chi connectivity index (χ3v) is 4.89. The largest absolute Gasteiger partial charge is 0.428 e. The van der Waals surface area contributed by atoms with E-state index < -0.39 is 24.6 Å². The first-order valence-corrected chi connectivity index (χ1v) is 11.4. The Morgan fingerprint density at radius 2 is 1.35 bits per heavy atom. The molecule has 0 fully saturated rings. The molecule has 37 heavy (non-hydrogen) atoms. The van der Waals surface area contributed by atoms with Crippen LogP contribution >= 0.6 is 0 Å². The molecule has 0 amide bonds. The van der Waals surface area contributed by atoms with E-state index in [1.807, 2.05) is 0 Å². The van der Waals surface area contributed by atoms with Gasteiger partial charge in [-0.3, -0.25) is 4.79 Å². The molecule has 0 N–H and O–H groups in total. The number of esters is 3. The van der Waals surface area contributed by atoms with Crippen molar-refractivity contribution >= 4 is 23.5 Å². The Labute approximate surface area is 216 Å². The molecule has 0 aliphatic rings. The van der Waals surface area contributed by atoms with Crippen LogP contribution in [0.3, 0.4) is 0 Å². The van der Waals surface area contributed by atoms with Gasteiger partial charge in [0.15, 0.2) is 0 Å². The average Bonchev–Trinajstić information content (AvgIpc) is 2.88. The third-order valence-electron chi connectivity index (χ3n) is 4.89. The van der Waals surface area contributed by atoms with Crippen LogP contribution in [0.4, 0.5) is 4.39 Å². The van der Waals surface area contributed by atoms with Gasteiger partial charge in [-0.25, -0.2) is 14.0 Å². The summed E-state index contributed by atoms with van der Waals surface area (Å²) in [7, 11) is 0. The van der Waals surface area contributed by atoms with Crippen molar-refractivity contribution in [3.63, 3.8) is 0 Å². The minimum Gasteiger partial charge on any atom is -0.428 e. The normalized spacial score (nSPS) is 11.3. The maximum absolute atomic E-state index is 13.5. The molecule has 6 nitrogen and oxygen atoms in total. The number of hydrogen-bond donors (Lipinski definition) is 0. The number of benzene rings is 2. The standard InChI is InChI=1S/C30H29FO6/c1-6-23(24-11-15-26(16-12-24)37-30(34)21(4)5)10-17-27(19-31)35-28(32)18-9-22-7-13-25(14-8-22)36-29(33)20(2)3/h6-8,10-17H,1-2,4,9,18-19H2,3,5H3/b23-10+,27-17+. The van der Waals surface area contributed by atoms with Gasteiger partial charge < -0.3 is 14.2 Å². The monoisotopic (exact) mass is 504 g/mol. The summed E-state index contributed by atoms with van der Waals surface area (Å²) in [6, 6.07) is 13.4. The topological polar surface area (TPSA) is 78.9 Å². The summed E-state index contributed by atoms with van der Waals surface area (Å²) >= 11 is 0. The zero-order valence-electron chi connectivity index (χ0n) is 20.9. The van der Waals surface area contributed by atoms with E-state index in [1.54, 1.807) is 74.5 Å². The Morgan fingerprint density at radius 1 is 0.838 bits per heavy atom. The van der Waals surface area contributed by atoms with Crippen LogP contribution in [0.1, 0.15) is 31.4 Å². The number of allylic oxidation sites excluding steroid dienone is 5. The molecule has 0 bridgehead atoms. The van der Waals surface area contributed by atoms with Crippen molar-refractivity contribution < 1.29 is 33.0 Å². The number of carbonyl (C=O) groups is 3. The van der Waals surface area contributed by atoms with E-state index in [2.05, 4.69) is 19.7 Å². The van der Waals surface area contributed by atoms with Gasteiger partial charge in [-0.05, 0) is 67.3 Å². The molecular weight excluding hydrogens is 475 g/mol. The SMILES string of the molecule is C=C/C(=C\C=C(/CF)OC(=O)CCc1ccc(OC(=O)C(=C)C)cc1)c1ccc(OC(=O)C(=C)C)cc1. The second-order valence-electron chi connectivity index (χ2n) is 8.07. The summed E-state index contributed by atoms with van der Waals surface area (Å²) in [5, 5.41) is 0. The molecule has 192 valence electrons. The first-order chi connectivity index (χ1) is 17.6. The highest BCUT2D eigenvalue weighted by Crippen LogP contribution is 2.21. The number of ether oxygens (including phenoxy) is 3. The molecule has 0 unspecified atom stereocenters. The van der Waals surface area contributed by atoms with Gasteiger partial charge in [0.05, 0.1) is 0 Å². The summed E-state index contributed by atoms with van der Waals surface area (Å²) in [6.07, 6.45) is 4.91. The molecule has 2 aromatic carbocycles. The van der Waals surface area contributed by atoms with Gasteiger partial charge in [-0.1, -0.05) is 56.2 Å². The van der Waals surface area contributed by atoms with Crippen LogP contribution in [0.15, 0.2) is 103 Å². The van der Waals surface area contributed by atoms with Gasteiger partial charge in [0.2, 0.25) is 0 Å². The smallest absolute Gasteiger partial charge is 0.338 e. The zero-order valence-corrected chi connectivity index (χ0v) is 20.9. The van der Waals surface area contributed by atoms with Crippen molar-refractivity contribution in [2.75, 3.05) is 6.67 Å². The van der Waals surface area contributed by atoms with Crippen LogP contribution in [0.25, 0.3) is 5.57 Å². The lowest BCUT2D eigenvalue weighted by Crippen LogP contribution is -2.08. The van der Waals surface area contributed by atoms with Gasteiger partial charge in [-0.15, -0.1) is 0 Å². The highest BCUT2D eigenvalue weighted by molar-refractivity contribution is 5.89. The summed E-state index contributed by atoms with van der Waals surface area (Å²) in [6.45, 7) is 13.0. The highest BCUT2D eigenvalue weighted by Gasteiger charge is 2.10. The number of carbonyl (C=O) groups excluding carboxylic acids is 3. The first kappa shape index (κ1) is 28.7. The number of aryl methyl sites for hydroxylation is 1. The highest BCUT2D eigenvalue weighted by atomic mass is 19.1. The number of alkyl halides is 1. The van der Waals surface area contributed by atoms with Crippen molar-refractivity contribution in [1.29, 1.82) is 0 Å². The van der Waals surface area contributed by atoms with Crippen LogP contribution in [0.2, 0.25) is 0 Å². The molecule has 2 aromatic rings. The Morgan fingerprint density at radius 3 is 1.81 bits per heavy atom. The van der Waals surface area contributed by atoms with E-state index in [4.69, 9.17) is 14.2 Å². The molecule has 0 aliphatic carbocycles. The minimum atomic E-state index is -0.967. The maximum Gasteiger partial charge on any atom is 0.338 e. The molecular formula is C30H29FO6. The van der Waals surface area contributed by atoms with Crippen molar-refractivity contribution in [2.24, 2.45) is 0 Å². The van der Waals surface area contributed by atoms with Gasteiger partial charge in [0, 0.05) is 17.6 Å².